The Balaban J connectivity index is 2.01. The fraction of sp³-hybridized carbons (Fsp3) is 0.500. The molecular weight excluding hydrogens is 242 g/mol. The van der Waals surface area contributed by atoms with Crippen LogP contribution in [0.3, 0.4) is 0 Å². The summed E-state index contributed by atoms with van der Waals surface area (Å²) < 4.78 is 16.5. The SMILES string of the molecule is NNC(=O)c1ccoc1CN1CCS(=O)CC1. The molecule has 1 aliphatic heterocycles. The maximum atomic E-state index is 11.4. The molecule has 1 amide bonds. The molecule has 1 fully saturated rings. The first kappa shape index (κ1) is 12.3. The molecule has 7 heteroatoms. The third kappa shape index (κ3) is 2.93. The highest BCUT2D eigenvalue weighted by Gasteiger charge is 2.20. The third-order valence-electron chi connectivity index (χ3n) is 2.76. The molecule has 0 aromatic carbocycles. The van der Waals surface area contributed by atoms with Crippen molar-refractivity contribution in [3.05, 3.63) is 23.7 Å². The minimum Gasteiger partial charge on any atom is -0.467 e. The largest absolute Gasteiger partial charge is 0.467 e. The van der Waals surface area contributed by atoms with Crippen molar-refractivity contribution >= 4 is 16.7 Å². The minimum atomic E-state index is -0.697. The molecule has 94 valence electrons. The minimum absolute atomic E-state index is 0.352. The number of nitrogen functional groups attached to an aromatic ring is 1. The van der Waals surface area contributed by atoms with Gasteiger partial charge in [0.15, 0.2) is 0 Å². The van der Waals surface area contributed by atoms with Gasteiger partial charge >= 0.3 is 0 Å². The summed E-state index contributed by atoms with van der Waals surface area (Å²) in [6.07, 6.45) is 1.47. The van der Waals surface area contributed by atoms with Gasteiger partial charge < -0.3 is 4.42 Å². The number of nitrogens with zero attached hydrogens (tertiary/aromatic N) is 1. The third-order valence-corrected chi connectivity index (χ3v) is 4.03. The molecule has 2 heterocycles. The maximum Gasteiger partial charge on any atom is 0.268 e. The van der Waals surface area contributed by atoms with E-state index >= 15 is 0 Å². The maximum absolute atomic E-state index is 11.4. The molecule has 2 rings (SSSR count). The first-order chi connectivity index (χ1) is 8.20. The van der Waals surface area contributed by atoms with E-state index < -0.39 is 10.8 Å². The van der Waals surface area contributed by atoms with Gasteiger partial charge in [-0.15, -0.1) is 0 Å². The van der Waals surface area contributed by atoms with Gasteiger partial charge in [0, 0.05) is 35.4 Å². The number of carbonyl (C=O) groups excluding carboxylic acids is 1. The van der Waals surface area contributed by atoms with Crippen molar-refractivity contribution in [2.24, 2.45) is 5.84 Å². The number of amides is 1. The normalized spacial score (nSPS) is 18.2. The Morgan fingerprint density at radius 2 is 2.24 bits per heavy atom. The Bertz CT molecular complexity index is 422. The average Bonchev–Trinajstić information content (AvgIpc) is 2.79. The van der Waals surface area contributed by atoms with Gasteiger partial charge in [-0.25, -0.2) is 5.84 Å². The van der Waals surface area contributed by atoms with E-state index in [-0.39, 0.29) is 5.91 Å². The van der Waals surface area contributed by atoms with Crippen molar-refractivity contribution in [1.82, 2.24) is 10.3 Å². The van der Waals surface area contributed by atoms with E-state index in [1.807, 2.05) is 0 Å². The van der Waals surface area contributed by atoms with Crippen LogP contribution in [0.1, 0.15) is 16.1 Å². The van der Waals surface area contributed by atoms with Crippen molar-refractivity contribution in [3.63, 3.8) is 0 Å². The molecule has 17 heavy (non-hydrogen) atoms. The summed E-state index contributed by atoms with van der Waals surface area (Å²) in [5, 5.41) is 0. The lowest BCUT2D eigenvalue weighted by atomic mass is 10.2. The van der Waals surface area contributed by atoms with Crippen LogP contribution in [0, 0.1) is 0 Å². The van der Waals surface area contributed by atoms with Gasteiger partial charge in [-0.05, 0) is 6.07 Å². The molecule has 1 aliphatic rings. The first-order valence-electron chi connectivity index (χ1n) is 5.35. The number of hydrogen-bond donors (Lipinski definition) is 2. The van der Waals surface area contributed by atoms with Crippen molar-refractivity contribution in [3.8, 4) is 0 Å². The molecule has 6 nitrogen and oxygen atoms in total. The first-order valence-corrected chi connectivity index (χ1v) is 6.84. The Morgan fingerprint density at radius 3 is 2.88 bits per heavy atom. The van der Waals surface area contributed by atoms with Gasteiger partial charge in [-0.3, -0.25) is 19.3 Å². The van der Waals surface area contributed by atoms with Crippen molar-refractivity contribution in [1.29, 1.82) is 0 Å². The number of furan rings is 1. The second-order valence-electron chi connectivity index (χ2n) is 3.86. The van der Waals surface area contributed by atoms with Crippen LogP contribution < -0.4 is 11.3 Å². The molecule has 3 N–H and O–H groups in total. The molecule has 0 spiro atoms. The van der Waals surface area contributed by atoms with Crippen LogP contribution in [0.4, 0.5) is 0 Å². The summed E-state index contributed by atoms with van der Waals surface area (Å²) in [4.78, 5) is 13.5. The van der Waals surface area contributed by atoms with Crippen LogP contribution in [-0.2, 0) is 17.3 Å². The molecule has 0 radical (unpaired) electrons. The van der Waals surface area contributed by atoms with Crippen LogP contribution in [0.5, 0.6) is 0 Å². The lowest BCUT2D eigenvalue weighted by Gasteiger charge is -2.25. The lowest BCUT2D eigenvalue weighted by Crippen LogP contribution is -2.37. The Kier molecular flexibility index (Phi) is 3.93. The number of carbonyl (C=O) groups is 1. The van der Waals surface area contributed by atoms with Gasteiger partial charge in [0.1, 0.15) is 5.76 Å². The standard InChI is InChI=1S/C10H15N3O3S/c11-12-10(14)8-1-4-16-9(8)7-13-2-5-17(15)6-3-13/h1,4H,2-3,5-7,11H2,(H,12,14). The topological polar surface area (TPSA) is 88.6 Å². The molecule has 0 saturated carbocycles. The molecule has 0 bridgehead atoms. The smallest absolute Gasteiger partial charge is 0.268 e. The van der Waals surface area contributed by atoms with E-state index in [9.17, 15) is 9.00 Å². The second kappa shape index (κ2) is 5.44. The highest BCUT2D eigenvalue weighted by Crippen LogP contribution is 2.14. The van der Waals surface area contributed by atoms with E-state index in [0.29, 0.717) is 29.4 Å². The van der Waals surface area contributed by atoms with Gasteiger partial charge in [-0.1, -0.05) is 0 Å². The number of nitrogens with two attached hydrogens (primary N) is 1. The van der Waals surface area contributed by atoms with E-state index in [0.717, 1.165) is 13.1 Å². The van der Waals surface area contributed by atoms with Gasteiger partial charge in [-0.2, -0.15) is 0 Å². The zero-order chi connectivity index (χ0) is 12.3. The van der Waals surface area contributed by atoms with E-state index in [2.05, 4.69) is 10.3 Å². The van der Waals surface area contributed by atoms with Gasteiger partial charge in [0.25, 0.3) is 5.91 Å². The van der Waals surface area contributed by atoms with Crippen LogP contribution in [0.2, 0.25) is 0 Å². The molecular formula is C10H15N3O3S. The summed E-state index contributed by atoms with van der Waals surface area (Å²) in [7, 11) is -0.697. The summed E-state index contributed by atoms with van der Waals surface area (Å²) in [5.41, 5.74) is 2.54. The fourth-order valence-electron chi connectivity index (χ4n) is 1.78. The summed E-state index contributed by atoms with van der Waals surface area (Å²) >= 11 is 0. The Morgan fingerprint density at radius 1 is 1.53 bits per heavy atom. The highest BCUT2D eigenvalue weighted by molar-refractivity contribution is 7.85. The van der Waals surface area contributed by atoms with Gasteiger partial charge in [0.2, 0.25) is 0 Å². The summed E-state index contributed by atoms with van der Waals surface area (Å²) in [6, 6.07) is 1.60. The van der Waals surface area contributed by atoms with E-state index in [1.165, 1.54) is 6.26 Å². The second-order valence-corrected chi connectivity index (χ2v) is 5.55. The molecule has 0 atom stereocenters. The summed E-state index contributed by atoms with van der Waals surface area (Å²) in [6.45, 7) is 2.07. The molecule has 0 aliphatic carbocycles. The zero-order valence-corrected chi connectivity index (χ0v) is 10.2. The number of hydrogen-bond acceptors (Lipinski definition) is 5. The summed E-state index contributed by atoms with van der Waals surface area (Å²) in [5.74, 6) is 6.69. The molecule has 1 aromatic heterocycles. The van der Waals surface area contributed by atoms with Crippen molar-refractivity contribution in [2.75, 3.05) is 24.6 Å². The zero-order valence-electron chi connectivity index (χ0n) is 9.35. The van der Waals surface area contributed by atoms with Crippen molar-refractivity contribution in [2.45, 2.75) is 6.54 Å². The number of rotatable bonds is 3. The average molecular weight is 257 g/mol. The quantitative estimate of drug-likeness (QED) is 0.431. The Labute approximate surface area is 102 Å². The molecule has 0 unspecified atom stereocenters. The predicted octanol–water partition coefficient (Wildman–Crippen LogP) is -0.553. The van der Waals surface area contributed by atoms with Crippen LogP contribution >= 0.6 is 0 Å². The van der Waals surface area contributed by atoms with Gasteiger partial charge in [0.05, 0.1) is 18.4 Å². The molecule has 1 saturated heterocycles. The van der Waals surface area contributed by atoms with Crippen LogP contribution in [0.25, 0.3) is 0 Å². The van der Waals surface area contributed by atoms with E-state index in [4.69, 9.17) is 10.3 Å². The monoisotopic (exact) mass is 257 g/mol. The number of hydrazine groups is 1. The van der Waals surface area contributed by atoms with Crippen LogP contribution in [-0.4, -0.2) is 39.6 Å². The highest BCUT2D eigenvalue weighted by atomic mass is 32.2. The van der Waals surface area contributed by atoms with Crippen molar-refractivity contribution < 1.29 is 13.4 Å². The fourth-order valence-corrected chi connectivity index (χ4v) is 2.91. The van der Waals surface area contributed by atoms with E-state index in [1.54, 1.807) is 6.07 Å². The lowest BCUT2D eigenvalue weighted by molar-refractivity contribution is 0.0950. The predicted molar refractivity (Wildman–Crippen MR) is 63.5 cm³/mol. The molecule has 1 aromatic rings. The Hall–Kier alpha value is -1.18. The number of nitrogens with one attached hydrogen (secondary N) is 1. The van der Waals surface area contributed by atoms with Crippen LogP contribution in [0.15, 0.2) is 16.7 Å².